The number of nitrogens with one attached hydrogen (secondary N) is 1. The van der Waals surface area contributed by atoms with E-state index < -0.39 is 5.97 Å². The van der Waals surface area contributed by atoms with Crippen molar-refractivity contribution in [2.75, 3.05) is 0 Å². The van der Waals surface area contributed by atoms with Gasteiger partial charge < -0.3 is 10.4 Å². The first-order chi connectivity index (χ1) is 15.8. The zero-order valence-corrected chi connectivity index (χ0v) is 20.6. The van der Waals surface area contributed by atoms with E-state index in [9.17, 15) is 9.59 Å². The van der Waals surface area contributed by atoms with E-state index in [0.717, 1.165) is 27.6 Å². The van der Waals surface area contributed by atoms with Gasteiger partial charge in [-0.2, -0.15) is 0 Å². The minimum absolute atomic E-state index is 0.0830. The van der Waals surface area contributed by atoms with Gasteiger partial charge in [-0.25, -0.2) is 4.98 Å². The van der Waals surface area contributed by atoms with Crippen molar-refractivity contribution >= 4 is 34.8 Å². The van der Waals surface area contributed by atoms with E-state index in [1.165, 1.54) is 61.8 Å². The number of benzene rings is 1. The van der Waals surface area contributed by atoms with Crippen molar-refractivity contribution in [3.8, 4) is 10.4 Å². The zero-order valence-electron chi connectivity index (χ0n) is 19.0. The molecule has 1 heterocycles. The monoisotopic (exact) mass is 486 g/mol. The number of rotatable bonds is 7. The van der Waals surface area contributed by atoms with Crippen LogP contribution in [0.4, 0.5) is 0 Å². The van der Waals surface area contributed by atoms with Gasteiger partial charge in [0.1, 0.15) is 0 Å². The van der Waals surface area contributed by atoms with E-state index in [1.54, 1.807) is 0 Å². The normalized spacial score (nSPS) is 24.2. The molecule has 0 bridgehead atoms. The van der Waals surface area contributed by atoms with Crippen LogP contribution < -0.4 is 5.32 Å². The number of thiazole rings is 1. The van der Waals surface area contributed by atoms with Crippen molar-refractivity contribution in [3.63, 3.8) is 0 Å². The highest BCUT2D eigenvalue weighted by Crippen LogP contribution is 2.49. The summed E-state index contributed by atoms with van der Waals surface area (Å²) in [7, 11) is 0. The van der Waals surface area contributed by atoms with Gasteiger partial charge in [0.15, 0.2) is 5.01 Å². The molecular formula is C26H31ClN2O3S. The Labute approximate surface area is 204 Å². The third kappa shape index (κ3) is 4.97. The Hall–Kier alpha value is -1.92. The Morgan fingerprint density at radius 3 is 2.58 bits per heavy atom. The van der Waals surface area contributed by atoms with Crippen LogP contribution in [-0.4, -0.2) is 28.0 Å². The lowest BCUT2D eigenvalue weighted by molar-refractivity contribution is -0.145. The molecule has 3 saturated carbocycles. The number of carbonyl (C=O) groups excluding carboxylic acids is 1. The van der Waals surface area contributed by atoms with Crippen LogP contribution in [0.3, 0.4) is 0 Å². The van der Waals surface area contributed by atoms with E-state index in [2.05, 4.69) is 24.4 Å². The fourth-order valence-corrected chi connectivity index (χ4v) is 6.43. The van der Waals surface area contributed by atoms with Gasteiger partial charge in [0.05, 0.1) is 16.5 Å². The van der Waals surface area contributed by atoms with Crippen LogP contribution >= 0.6 is 22.9 Å². The van der Waals surface area contributed by atoms with E-state index in [0.29, 0.717) is 23.8 Å². The lowest BCUT2D eigenvalue weighted by atomic mass is 9.80. The van der Waals surface area contributed by atoms with E-state index >= 15 is 0 Å². The van der Waals surface area contributed by atoms with Crippen LogP contribution in [-0.2, 0) is 16.6 Å². The van der Waals surface area contributed by atoms with Gasteiger partial charge in [-0.1, -0.05) is 50.6 Å². The van der Waals surface area contributed by atoms with E-state index in [1.807, 2.05) is 6.07 Å². The number of carbonyl (C=O) groups is 2. The number of amides is 1. The molecule has 2 N–H and O–H groups in total. The molecule has 7 heteroatoms. The standard InChI is InChI=1S/C26H31ClN2O3S/c1-26(7-8-26)18-10-16(11-19(27)14-18)22-21(9-15-5-3-2-4-6-15)29-24(33-22)23(30)28-20-12-17(13-20)25(31)32/h10-11,14-15,17,20H,2-9,12-13H2,1H3,(H,28,30)(H,31,32). The second-order valence-electron chi connectivity index (χ2n) is 10.5. The lowest BCUT2D eigenvalue weighted by Crippen LogP contribution is -2.46. The smallest absolute Gasteiger partial charge is 0.306 e. The highest BCUT2D eigenvalue weighted by molar-refractivity contribution is 7.17. The third-order valence-corrected chi connectivity index (χ3v) is 9.14. The molecule has 5 rings (SSSR count). The molecule has 3 aliphatic carbocycles. The molecule has 1 aromatic carbocycles. The molecule has 1 aromatic heterocycles. The number of carboxylic acid groups (broad SMARTS) is 1. The molecule has 0 radical (unpaired) electrons. The van der Waals surface area contributed by atoms with Crippen LogP contribution in [0.1, 0.15) is 85.8 Å². The van der Waals surface area contributed by atoms with Gasteiger partial charge in [-0.05, 0) is 72.8 Å². The molecule has 3 aliphatic rings. The van der Waals surface area contributed by atoms with Crippen molar-refractivity contribution in [3.05, 3.63) is 39.5 Å². The van der Waals surface area contributed by atoms with Crippen molar-refractivity contribution in [2.24, 2.45) is 11.8 Å². The summed E-state index contributed by atoms with van der Waals surface area (Å²) in [5, 5.41) is 13.3. The number of halogens is 1. The average molecular weight is 487 g/mol. The number of hydrogen-bond acceptors (Lipinski definition) is 4. The first-order valence-electron chi connectivity index (χ1n) is 12.2. The van der Waals surface area contributed by atoms with Gasteiger partial charge in [-0.3, -0.25) is 9.59 Å². The van der Waals surface area contributed by atoms with Crippen LogP contribution in [0.25, 0.3) is 10.4 Å². The van der Waals surface area contributed by atoms with Gasteiger partial charge in [0, 0.05) is 11.1 Å². The molecule has 0 aliphatic heterocycles. The van der Waals surface area contributed by atoms with E-state index in [4.69, 9.17) is 21.7 Å². The Morgan fingerprint density at radius 2 is 1.91 bits per heavy atom. The summed E-state index contributed by atoms with van der Waals surface area (Å²) in [6.45, 7) is 2.28. The summed E-state index contributed by atoms with van der Waals surface area (Å²) in [6, 6.07) is 6.23. The maximum atomic E-state index is 13.0. The van der Waals surface area contributed by atoms with Crippen LogP contribution in [0.5, 0.6) is 0 Å². The van der Waals surface area contributed by atoms with Gasteiger partial charge in [0.2, 0.25) is 0 Å². The number of aliphatic carboxylic acids is 1. The first-order valence-corrected chi connectivity index (χ1v) is 13.3. The second kappa shape index (κ2) is 9.03. The molecule has 3 fully saturated rings. The number of hydrogen-bond donors (Lipinski definition) is 2. The fraction of sp³-hybridized carbons (Fsp3) is 0.577. The zero-order chi connectivity index (χ0) is 23.2. The summed E-state index contributed by atoms with van der Waals surface area (Å²) in [5.74, 6) is -0.718. The predicted octanol–water partition coefficient (Wildman–Crippen LogP) is 6.23. The minimum atomic E-state index is -0.784. The Morgan fingerprint density at radius 1 is 1.18 bits per heavy atom. The average Bonchev–Trinajstić information content (AvgIpc) is 3.37. The largest absolute Gasteiger partial charge is 0.481 e. The quantitative estimate of drug-likeness (QED) is 0.486. The van der Waals surface area contributed by atoms with Crippen molar-refractivity contribution in [1.29, 1.82) is 0 Å². The third-order valence-electron chi connectivity index (χ3n) is 7.78. The van der Waals surface area contributed by atoms with Gasteiger partial charge >= 0.3 is 5.97 Å². The molecule has 0 spiro atoms. The highest BCUT2D eigenvalue weighted by Gasteiger charge is 2.39. The number of aromatic nitrogens is 1. The Bertz CT molecular complexity index is 1070. The summed E-state index contributed by atoms with van der Waals surface area (Å²) in [4.78, 5) is 29.9. The van der Waals surface area contributed by atoms with Gasteiger partial charge in [0.25, 0.3) is 5.91 Å². The highest BCUT2D eigenvalue weighted by atomic mass is 35.5. The van der Waals surface area contributed by atoms with Crippen LogP contribution in [0, 0.1) is 11.8 Å². The topological polar surface area (TPSA) is 79.3 Å². The number of nitrogens with zero attached hydrogens (tertiary/aromatic N) is 1. The van der Waals surface area contributed by atoms with Crippen LogP contribution in [0.2, 0.25) is 5.02 Å². The number of carboxylic acids is 1. The van der Waals surface area contributed by atoms with E-state index in [-0.39, 0.29) is 23.3 Å². The fourth-order valence-electron chi connectivity index (χ4n) is 5.21. The molecular weight excluding hydrogens is 456 g/mol. The maximum absolute atomic E-state index is 13.0. The first kappa shape index (κ1) is 22.9. The molecule has 176 valence electrons. The second-order valence-corrected chi connectivity index (χ2v) is 11.9. The molecule has 0 saturated heterocycles. The molecule has 2 aromatic rings. The molecule has 33 heavy (non-hydrogen) atoms. The molecule has 1 amide bonds. The maximum Gasteiger partial charge on any atom is 0.306 e. The summed E-state index contributed by atoms with van der Waals surface area (Å²) < 4.78 is 0. The summed E-state index contributed by atoms with van der Waals surface area (Å²) in [5.41, 5.74) is 3.53. The lowest BCUT2D eigenvalue weighted by Gasteiger charge is -2.32. The summed E-state index contributed by atoms with van der Waals surface area (Å²) in [6.07, 6.45) is 10.5. The van der Waals surface area contributed by atoms with Crippen LogP contribution in [0.15, 0.2) is 18.2 Å². The molecule has 0 unspecified atom stereocenters. The Balaban J connectivity index is 1.42. The molecule has 0 atom stereocenters. The van der Waals surface area contributed by atoms with Crippen molar-refractivity contribution < 1.29 is 14.7 Å². The Kier molecular flexibility index (Phi) is 6.25. The van der Waals surface area contributed by atoms with Crippen molar-refractivity contribution in [1.82, 2.24) is 10.3 Å². The molecule has 5 nitrogen and oxygen atoms in total. The minimum Gasteiger partial charge on any atom is -0.481 e. The summed E-state index contributed by atoms with van der Waals surface area (Å²) >= 11 is 7.98. The SMILES string of the molecule is CC1(c2cc(Cl)cc(-c3sc(C(=O)NC4CC(C(=O)O)C4)nc3CC3CCCCC3)c2)CC1. The predicted molar refractivity (Wildman–Crippen MR) is 131 cm³/mol. The van der Waals surface area contributed by atoms with Crippen molar-refractivity contribution in [2.45, 2.75) is 82.6 Å². The van der Waals surface area contributed by atoms with Gasteiger partial charge in [-0.15, -0.1) is 11.3 Å².